The van der Waals surface area contributed by atoms with E-state index in [0.29, 0.717) is 38.2 Å². The largest absolute Gasteiger partial charge is 0.388 e. The Bertz CT molecular complexity index is 416. The number of aliphatic hydroxyl groups is 1. The molecule has 1 aliphatic heterocycles. The molecular weight excluding hydrogens is 233 g/mol. The summed E-state index contributed by atoms with van der Waals surface area (Å²) in [7, 11) is 0. The van der Waals surface area contributed by atoms with Gasteiger partial charge in [0, 0.05) is 30.7 Å². The first-order valence-corrected chi connectivity index (χ1v) is 6.31. The van der Waals surface area contributed by atoms with Gasteiger partial charge in [-0.15, -0.1) is 0 Å². The van der Waals surface area contributed by atoms with Crippen LogP contribution in [0.3, 0.4) is 0 Å². The monoisotopic (exact) mass is 253 g/mol. The molecule has 0 aromatic heterocycles. The Hall–Kier alpha value is -0.970. The number of hydrogen-bond donors (Lipinski definition) is 2. The van der Waals surface area contributed by atoms with Crippen LogP contribution in [0.5, 0.6) is 0 Å². The Morgan fingerprint density at radius 3 is 2.72 bits per heavy atom. The summed E-state index contributed by atoms with van der Waals surface area (Å²) in [6.45, 7) is 3.36. The molecular formula is C14H20FNO2. The average Bonchev–Trinajstić information content (AvgIpc) is 2.41. The first-order valence-electron chi connectivity index (χ1n) is 6.31. The van der Waals surface area contributed by atoms with Gasteiger partial charge in [0.25, 0.3) is 0 Å². The second-order valence-electron chi connectivity index (χ2n) is 5.11. The van der Waals surface area contributed by atoms with Crippen LogP contribution in [0.4, 0.5) is 4.39 Å². The van der Waals surface area contributed by atoms with Crippen molar-refractivity contribution in [3.8, 4) is 0 Å². The predicted molar refractivity (Wildman–Crippen MR) is 67.6 cm³/mol. The maximum atomic E-state index is 13.8. The number of ether oxygens (including phenoxy) is 1. The van der Waals surface area contributed by atoms with Crippen molar-refractivity contribution in [2.75, 3.05) is 19.8 Å². The van der Waals surface area contributed by atoms with E-state index in [0.717, 1.165) is 5.56 Å². The van der Waals surface area contributed by atoms with Gasteiger partial charge in [0.05, 0.1) is 6.10 Å². The molecule has 0 amide bonds. The third-order valence-corrected chi connectivity index (χ3v) is 3.92. The third kappa shape index (κ3) is 2.41. The van der Waals surface area contributed by atoms with Gasteiger partial charge in [-0.3, -0.25) is 0 Å². The number of nitrogens with two attached hydrogens (primary N) is 1. The minimum atomic E-state index is -0.869. The van der Waals surface area contributed by atoms with E-state index in [9.17, 15) is 9.50 Å². The number of benzene rings is 1. The molecule has 0 spiro atoms. The van der Waals surface area contributed by atoms with E-state index in [4.69, 9.17) is 10.5 Å². The van der Waals surface area contributed by atoms with Crippen LogP contribution in [0.25, 0.3) is 0 Å². The van der Waals surface area contributed by atoms with Crippen LogP contribution in [0, 0.1) is 18.2 Å². The van der Waals surface area contributed by atoms with Crippen LogP contribution < -0.4 is 5.73 Å². The van der Waals surface area contributed by atoms with Gasteiger partial charge in [-0.1, -0.05) is 17.7 Å². The molecule has 1 saturated heterocycles. The highest BCUT2D eigenvalue weighted by atomic mass is 19.1. The normalized spacial score (nSPS) is 20.7. The van der Waals surface area contributed by atoms with Crippen molar-refractivity contribution in [2.45, 2.75) is 25.9 Å². The fraction of sp³-hybridized carbons (Fsp3) is 0.571. The lowest BCUT2D eigenvalue weighted by molar-refractivity contribution is -0.0593. The number of aliphatic hydroxyl groups excluding tert-OH is 1. The summed E-state index contributed by atoms with van der Waals surface area (Å²) in [6.07, 6.45) is 0.460. The van der Waals surface area contributed by atoms with Crippen LogP contribution in [0.1, 0.15) is 30.1 Å². The van der Waals surface area contributed by atoms with Gasteiger partial charge >= 0.3 is 0 Å². The topological polar surface area (TPSA) is 55.5 Å². The van der Waals surface area contributed by atoms with Crippen molar-refractivity contribution >= 4 is 0 Å². The molecule has 0 aliphatic carbocycles. The Balaban J connectivity index is 2.33. The molecule has 0 radical (unpaired) electrons. The lowest BCUT2D eigenvalue weighted by Gasteiger charge is -2.40. The molecule has 3 nitrogen and oxygen atoms in total. The van der Waals surface area contributed by atoms with Gasteiger partial charge in [0.1, 0.15) is 5.82 Å². The van der Waals surface area contributed by atoms with Gasteiger partial charge in [-0.05, 0) is 25.8 Å². The second-order valence-corrected chi connectivity index (χ2v) is 5.11. The van der Waals surface area contributed by atoms with Crippen LogP contribution in [0.2, 0.25) is 0 Å². The van der Waals surface area contributed by atoms with E-state index >= 15 is 0 Å². The summed E-state index contributed by atoms with van der Waals surface area (Å²) < 4.78 is 19.2. The molecule has 18 heavy (non-hydrogen) atoms. The van der Waals surface area contributed by atoms with Crippen LogP contribution in [0.15, 0.2) is 18.2 Å². The zero-order valence-corrected chi connectivity index (χ0v) is 10.7. The molecule has 1 heterocycles. The van der Waals surface area contributed by atoms with E-state index in [-0.39, 0.29) is 5.82 Å². The summed E-state index contributed by atoms with van der Waals surface area (Å²) in [5, 5.41) is 10.5. The smallest absolute Gasteiger partial charge is 0.129 e. The minimum absolute atomic E-state index is 0.338. The van der Waals surface area contributed by atoms with Crippen molar-refractivity contribution in [3.05, 3.63) is 35.1 Å². The van der Waals surface area contributed by atoms with Crippen LogP contribution >= 0.6 is 0 Å². The van der Waals surface area contributed by atoms with Crippen molar-refractivity contribution < 1.29 is 14.2 Å². The van der Waals surface area contributed by atoms with Crippen molar-refractivity contribution in [1.82, 2.24) is 0 Å². The Morgan fingerprint density at radius 2 is 2.11 bits per heavy atom. The number of aryl methyl sites for hydroxylation is 1. The first-order chi connectivity index (χ1) is 8.59. The third-order valence-electron chi connectivity index (χ3n) is 3.92. The number of hydrogen-bond acceptors (Lipinski definition) is 3. The Kier molecular flexibility index (Phi) is 4.00. The van der Waals surface area contributed by atoms with Crippen molar-refractivity contribution in [1.29, 1.82) is 0 Å². The number of halogens is 1. The molecule has 1 atom stereocenters. The highest BCUT2D eigenvalue weighted by Gasteiger charge is 2.40. The number of rotatable bonds is 3. The lowest BCUT2D eigenvalue weighted by atomic mass is 9.72. The Labute approximate surface area is 107 Å². The quantitative estimate of drug-likeness (QED) is 0.865. The molecule has 1 aromatic rings. The first kappa shape index (κ1) is 13.5. The van der Waals surface area contributed by atoms with Crippen molar-refractivity contribution in [3.63, 3.8) is 0 Å². The van der Waals surface area contributed by atoms with Crippen LogP contribution in [-0.2, 0) is 4.74 Å². The molecule has 1 unspecified atom stereocenters. The van der Waals surface area contributed by atoms with E-state index in [2.05, 4.69) is 0 Å². The minimum Gasteiger partial charge on any atom is -0.388 e. The van der Waals surface area contributed by atoms with E-state index in [1.807, 2.05) is 6.92 Å². The lowest BCUT2D eigenvalue weighted by Crippen LogP contribution is -2.42. The molecule has 0 saturated carbocycles. The maximum absolute atomic E-state index is 13.8. The van der Waals surface area contributed by atoms with Crippen LogP contribution in [-0.4, -0.2) is 24.9 Å². The second kappa shape index (κ2) is 5.34. The zero-order valence-electron chi connectivity index (χ0n) is 10.7. The average molecular weight is 253 g/mol. The summed E-state index contributed by atoms with van der Waals surface area (Å²) in [4.78, 5) is 0. The molecule has 100 valence electrons. The molecule has 1 aromatic carbocycles. The van der Waals surface area contributed by atoms with E-state index in [1.54, 1.807) is 12.1 Å². The van der Waals surface area contributed by atoms with Gasteiger partial charge in [-0.2, -0.15) is 0 Å². The highest BCUT2D eigenvalue weighted by Crippen LogP contribution is 2.42. The molecule has 0 bridgehead atoms. The fourth-order valence-electron chi connectivity index (χ4n) is 2.57. The summed E-state index contributed by atoms with van der Waals surface area (Å²) in [6, 6.07) is 4.80. The van der Waals surface area contributed by atoms with Crippen molar-refractivity contribution in [2.24, 2.45) is 11.1 Å². The summed E-state index contributed by atoms with van der Waals surface area (Å²) in [5.41, 5.74) is 6.65. The Morgan fingerprint density at radius 1 is 1.44 bits per heavy atom. The molecule has 2 rings (SSSR count). The molecule has 1 fully saturated rings. The molecule has 1 aliphatic rings. The highest BCUT2D eigenvalue weighted by molar-refractivity contribution is 5.27. The summed E-state index contributed by atoms with van der Waals surface area (Å²) >= 11 is 0. The predicted octanol–water partition coefficient (Wildman–Crippen LogP) is 1.92. The van der Waals surface area contributed by atoms with Gasteiger partial charge in [0.2, 0.25) is 0 Å². The van der Waals surface area contributed by atoms with Gasteiger partial charge < -0.3 is 15.6 Å². The van der Waals surface area contributed by atoms with Gasteiger partial charge in [-0.25, -0.2) is 4.39 Å². The molecule has 4 heteroatoms. The van der Waals surface area contributed by atoms with E-state index in [1.165, 1.54) is 6.07 Å². The maximum Gasteiger partial charge on any atom is 0.129 e. The SMILES string of the molecule is Cc1ccc(F)c(C(O)C2(CN)CCOCC2)c1. The summed E-state index contributed by atoms with van der Waals surface area (Å²) in [5.74, 6) is -0.368. The standard InChI is InChI=1S/C14H20FNO2/c1-10-2-3-12(15)11(8-10)13(17)14(9-16)4-6-18-7-5-14/h2-3,8,13,17H,4-7,9,16H2,1H3. The fourth-order valence-corrected chi connectivity index (χ4v) is 2.57. The molecule has 3 N–H and O–H groups in total. The van der Waals surface area contributed by atoms with Gasteiger partial charge in [0.15, 0.2) is 0 Å². The van der Waals surface area contributed by atoms with E-state index < -0.39 is 11.5 Å². The zero-order chi connectivity index (χ0) is 13.2.